The highest BCUT2D eigenvalue weighted by Crippen LogP contribution is 2.34. The van der Waals surface area contributed by atoms with Gasteiger partial charge in [-0.1, -0.05) is 133 Å². The first-order chi connectivity index (χ1) is 23.8. The number of pyridine rings is 2. The molecule has 0 unspecified atom stereocenters. The third kappa shape index (κ3) is 4.88. The molecule has 1 aliphatic rings. The second-order valence-corrected chi connectivity index (χ2v) is 11.9. The molecule has 3 heterocycles. The Kier molecular flexibility index (Phi) is 6.76. The Hall–Kier alpha value is -6.52. The minimum Gasteiger partial charge on any atom is -0.252 e. The van der Waals surface area contributed by atoms with E-state index in [1.165, 1.54) is 32.7 Å². The quantitative estimate of drug-likeness (QED) is 0.199. The van der Waals surface area contributed by atoms with E-state index in [1.54, 1.807) is 12.4 Å². The number of fused-ring (bicyclic) bond motifs is 4. The Morgan fingerprint density at radius 3 is 1.17 bits per heavy atom. The van der Waals surface area contributed by atoms with Gasteiger partial charge in [-0.3, -0.25) is 9.97 Å². The predicted molar refractivity (Wildman–Crippen MR) is 198 cm³/mol. The maximum atomic E-state index is 5.25. The first-order valence-electron chi connectivity index (χ1n) is 16.1. The van der Waals surface area contributed by atoms with Gasteiger partial charge in [0.1, 0.15) is 11.4 Å². The number of hydrogen-bond acceptors (Lipinski definition) is 4. The molecular weight excluding hydrogens is 585 g/mol. The molecule has 0 fully saturated rings. The van der Waals surface area contributed by atoms with Crippen molar-refractivity contribution in [3.8, 4) is 22.3 Å². The maximum absolute atomic E-state index is 5.25. The highest BCUT2D eigenvalue weighted by molar-refractivity contribution is 6.21. The molecule has 0 N–H and O–H groups in total. The molecule has 8 aromatic rings. The first-order valence-corrected chi connectivity index (χ1v) is 16.1. The van der Waals surface area contributed by atoms with Gasteiger partial charge >= 0.3 is 0 Å². The van der Waals surface area contributed by atoms with Crippen molar-refractivity contribution in [3.63, 3.8) is 0 Å². The van der Waals surface area contributed by atoms with Crippen LogP contribution in [0, 0.1) is 0 Å². The first kappa shape index (κ1) is 27.8. The van der Waals surface area contributed by atoms with E-state index in [-0.39, 0.29) is 0 Å². The summed E-state index contributed by atoms with van der Waals surface area (Å²) in [4.78, 5) is 20.1. The summed E-state index contributed by atoms with van der Waals surface area (Å²) in [7, 11) is 0. The second kappa shape index (κ2) is 11.7. The summed E-state index contributed by atoms with van der Waals surface area (Å²) < 4.78 is 0. The summed E-state index contributed by atoms with van der Waals surface area (Å²) in [6.45, 7) is 0. The normalized spacial score (nSPS) is 14.6. The van der Waals surface area contributed by atoms with Crippen LogP contribution < -0.4 is 0 Å². The summed E-state index contributed by atoms with van der Waals surface area (Å²) in [5, 5.41) is 4.91. The van der Waals surface area contributed by atoms with Crippen LogP contribution in [-0.4, -0.2) is 21.4 Å². The minimum atomic E-state index is 0.731. The van der Waals surface area contributed by atoms with Crippen molar-refractivity contribution in [2.75, 3.05) is 0 Å². The molecule has 4 nitrogen and oxygen atoms in total. The van der Waals surface area contributed by atoms with Gasteiger partial charge in [0.05, 0.1) is 22.8 Å². The van der Waals surface area contributed by atoms with Gasteiger partial charge in [-0.2, -0.15) is 0 Å². The molecule has 0 amide bonds. The number of hydrogen-bond donors (Lipinski definition) is 0. The molecule has 224 valence electrons. The van der Waals surface area contributed by atoms with E-state index < -0.39 is 0 Å². The largest absolute Gasteiger partial charge is 0.252 e. The summed E-state index contributed by atoms with van der Waals surface area (Å²) in [5.41, 5.74) is 11.1. The average molecular weight is 613 g/mol. The van der Waals surface area contributed by atoms with Crippen LogP contribution in [0.3, 0.4) is 0 Å². The molecule has 0 atom stereocenters. The number of rotatable bonds is 4. The lowest BCUT2D eigenvalue weighted by molar-refractivity contribution is 1.22. The molecule has 0 spiro atoms. The maximum Gasteiger partial charge on any atom is 0.115 e. The molecule has 4 heteroatoms. The fourth-order valence-corrected chi connectivity index (χ4v) is 6.66. The van der Waals surface area contributed by atoms with E-state index in [0.717, 1.165) is 56.4 Å². The fourth-order valence-electron chi connectivity index (χ4n) is 6.66. The van der Waals surface area contributed by atoms with E-state index in [4.69, 9.17) is 20.0 Å². The molecule has 0 radical (unpaired) electrons. The lowest BCUT2D eigenvalue weighted by Gasteiger charge is -2.17. The van der Waals surface area contributed by atoms with Gasteiger partial charge in [0, 0.05) is 23.5 Å². The van der Waals surface area contributed by atoms with Crippen molar-refractivity contribution < 1.29 is 0 Å². The van der Waals surface area contributed by atoms with E-state index in [1.807, 2.05) is 24.3 Å². The molecule has 2 aromatic heterocycles. The Labute approximate surface area is 278 Å². The van der Waals surface area contributed by atoms with Crippen molar-refractivity contribution in [2.24, 2.45) is 9.98 Å². The Morgan fingerprint density at radius 1 is 0.312 bits per heavy atom. The van der Waals surface area contributed by atoms with Gasteiger partial charge in [0.25, 0.3) is 0 Å². The number of aliphatic imine (C=N–C) groups is 2. The average Bonchev–Trinajstić information content (AvgIpc) is 3.15. The number of nitrogens with zero attached hydrogens (tertiary/aromatic N) is 4. The van der Waals surface area contributed by atoms with Gasteiger partial charge in [0.15, 0.2) is 0 Å². The van der Waals surface area contributed by atoms with E-state index in [2.05, 4.69) is 133 Å². The van der Waals surface area contributed by atoms with Gasteiger partial charge in [-0.25, -0.2) is 9.98 Å². The molecular formula is C44H28N4. The summed E-state index contributed by atoms with van der Waals surface area (Å²) in [5.74, 6) is 0. The molecule has 6 aromatic carbocycles. The lowest BCUT2D eigenvalue weighted by Crippen LogP contribution is -2.12. The second-order valence-electron chi connectivity index (χ2n) is 11.9. The van der Waals surface area contributed by atoms with Crippen molar-refractivity contribution in [1.82, 2.24) is 9.97 Å². The Balaban J connectivity index is 1.14. The topological polar surface area (TPSA) is 50.5 Å². The smallest absolute Gasteiger partial charge is 0.115 e. The highest BCUT2D eigenvalue weighted by atomic mass is 14.9. The van der Waals surface area contributed by atoms with Crippen LogP contribution in [0.15, 0.2) is 180 Å². The number of benzene rings is 6. The SMILES string of the molecule is c1cnc2c(c1)/N=C(/c1ccc(-c3cccc4ccccc34)cc1)c1ncccc1/N=C\2c1ccc(-c2cccc3ccccc23)cc1. The van der Waals surface area contributed by atoms with Gasteiger partial charge in [-0.15, -0.1) is 0 Å². The standard InChI is InChI=1S/C44H28N4/c1-3-13-35-29(9-1)11-5-15-37(35)31-19-23-33(24-20-31)41-43-39(17-7-27-45-43)48-42(44-40(47-41)18-8-28-46-44)34-25-21-32(22-26-34)38-16-6-12-30-10-2-4-14-36(30)38/h1-28H/b43-41?,44-42?,47-40?,47-41-,48-39?,48-42-. The third-order valence-corrected chi connectivity index (χ3v) is 9.00. The van der Waals surface area contributed by atoms with Crippen LogP contribution in [0.2, 0.25) is 0 Å². The molecule has 0 saturated heterocycles. The summed E-state index contributed by atoms with van der Waals surface area (Å²) >= 11 is 0. The zero-order valence-corrected chi connectivity index (χ0v) is 26.0. The van der Waals surface area contributed by atoms with Gasteiger partial charge in [-0.05, 0) is 68.1 Å². The van der Waals surface area contributed by atoms with Gasteiger partial charge in [0.2, 0.25) is 0 Å². The van der Waals surface area contributed by atoms with Crippen LogP contribution in [0.25, 0.3) is 43.8 Å². The zero-order chi connectivity index (χ0) is 31.9. The third-order valence-electron chi connectivity index (χ3n) is 9.00. The van der Waals surface area contributed by atoms with Crippen LogP contribution >= 0.6 is 0 Å². The van der Waals surface area contributed by atoms with Crippen molar-refractivity contribution in [2.45, 2.75) is 0 Å². The van der Waals surface area contributed by atoms with Crippen LogP contribution in [0.5, 0.6) is 0 Å². The molecule has 9 rings (SSSR count). The van der Waals surface area contributed by atoms with Crippen LogP contribution in [0.4, 0.5) is 11.4 Å². The van der Waals surface area contributed by atoms with Crippen molar-refractivity contribution >= 4 is 44.3 Å². The molecule has 1 aliphatic heterocycles. The fraction of sp³-hybridized carbons (Fsp3) is 0. The predicted octanol–water partition coefficient (Wildman–Crippen LogP) is 10.8. The molecule has 0 aliphatic carbocycles. The van der Waals surface area contributed by atoms with Crippen LogP contribution in [-0.2, 0) is 0 Å². The van der Waals surface area contributed by atoms with E-state index >= 15 is 0 Å². The Morgan fingerprint density at radius 2 is 0.708 bits per heavy atom. The molecule has 48 heavy (non-hydrogen) atoms. The summed E-state index contributed by atoms with van der Waals surface area (Å²) in [6.07, 6.45) is 3.61. The zero-order valence-electron chi connectivity index (χ0n) is 26.0. The summed E-state index contributed by atoms with van der Waals surface area (Å²) in [6, 6.07) is 54.9. The van der Waals surface area contributed by atoms with Crippen molar-refractivity contribution in [1.29, 1.82) is 0 Å². The van der Waals surface area contributed by atoms with Gasteiger partial charge < -0.3 is 0 Å². The van der Waals surface area contributed by atoms with Crippen LogP contribution in [0.1, 0.15) is 22.5 Å². The molecule has 0 bridgehead atoms. The minimum absolute atomic E-state index is 0.731. The molecule has 0 saturated carbocycles. The Bertz CT molecular complexity index is 2350. The van der Waals surface area contributed by atoms with E-state index in [9.17, 15) is 0 Å². The monoisotopic (exact) mass is 612 g/mol. The van der Waals surface area contributed by atoms with E-state index in [0.29, 0.717) is 0 Å². The number of aromatic nitrogens is 2. The highest BCUT2D eigenvalue weighted by Gasteiger charge is 2.22. The lowest BCUT2D eigenvalue weighted by atomic mass is 9.95. The van der Waals surface area contributed by atoms with Crippen molar-refractivity contribution in [3.05, 3.63) is 193 Å².